The third-order valence-corrected chi connectivity index (χ3v) is 5.54. The molecule has 0 atom stereocenters. The van der Waals surface area contributed by atoms with Gasteiger partial charge in [0.15, 0.2) is 0 Å². The summed E-state index contributed by atoms with van der Waals surface area (Å²) in [6.07, 6.45) is 13.3. The van der Waals surface area contributed by atoms with Crippen LogP contribution in [0.1, 0.15) is 77.0 Å². The van der Waals surface area contributed by atoms with Crippen molar-refractivity contribution in [2.45, 2.75) is 84.1 Å². The molecule has 1 aromatic heterocycles. The van der Waals surface area contributed by atoms with Crippen molar-refractivity contribution in [2.24, 2.45) is 5.92 Å². The first-order chi connectivity index (χ1) is 13.3. The van der Waals surface area contributed by atoms with Gasteiger partial charge < -0.3 is 9.88 Å². The zero-order valence-corrected chi connectivity index (χ0v) is 16.9. The first-order valence-electron chi connectivity index (χ1n) is 11.0. The molecular weight excluding hydrogens is 334 g/mol. The van der Waals surface area contributed by atoms with Gasteiger partial charge in [-0.3, -0.25) is 4.79 Å². The van der Waals surface area contributed by atoms with Crippen molar-refractivity contribution in [3.8, 4) is 0 Å². The number of aryl methyl sites for hydroxylation is 2. The van der Waals surface area contributed by atoms with Crippen LogP contribution in [0.2, 0.25) is 0 Å². The topological polar surface area (TPSA) is 46.9 Å². The van der Waals surface area contributed by atoms with Crippen molar-refractivity contribution in [3.63, 3.8) is 0 Å². The first kappa shape index (κ1) is 19.9. The van der Waals surface area contributed by atoms with Gasteiger partial charge in [-0.2, -0.15) is 0 Å². The van der Waals surface area contributed by atoms with Gasteiger partial charge in [0.05, 0.1) is 11.0 Å². The maximum Gasteiger partial charge on any atom is 0.223 e. The van der Waals surface area contributed by atoms with Gasteiger partial charge in [-0.15, -0.1) is 0 Å². The summed E-state index contributed by atoms with van der Waals surface area (Å²) in [5.41, 5.74) is 2.35. The molecule has 3 rings (SSSR count). The molecule has 1 aromatic carbocycles. The predicted octanol–water partition coefficient (Wildman–Crippen LogP) is 5.25. The number of imidazole rings is 1. The Bertz CT molecular complexity index is 717. The number of amides is 1. The van der Waals surface area contributed by atoms with Crippen molar-refractivity contribution < 1.29 is 4.79 Å². The van der Waals surface area contributed by atoms with Crippen LogP contribution in [-0.2, 0) is 17.8 Å². The minimum atomic E-state index is 0.242. The molecule has 4 heteroatoms. The lowest BCUT2D eigenvalue weighted by Crippen LogP contribution is -2.26. The van der Waals surface area contributed by atoms with Crippen molar-refractivity contribution in [1.29, 1.82) is 0 Å². The highest BCUT2D eigenvalue weighted by atomic mass is 16.2. The lowest BCUT2D eigenvalue weighted by atomic mass is 10.1. The van der Waals surface area contributed by atoms with Crippen LogP contribution in [0.15, 0.2) is 24.3 Å². The number of para-hydroxylation sites is 2. The number of nitrogens with zero attached hydrogens (tertiary/aromatic N) is 2. The van der Waals surface area contributed by atoms with E-state index >= 15 is 0 Å². The molecule has 0 saturated heterocycles. The minimum absolute atomic E-state index is 0.242. The number of benzene rings is 1. The van der Waals surface area contributed by atoms with Crippen LogP contribution >= 0.6 is 0 Å². The predicted molar refractivity (Wildman–Crippen MR) is 112 cm³/mol. The first-order valence-corrected chi connectivity index (χ1v) is 11.0. The summed E-state index contributed by atoms with van der Waals surface area (Å²) >= 11 is 0. The Kier molecular flexibility index (Phi) is 7.73. The Morgan fingerprint density at radius 2 is 1.81 bits per heavy atom. The van der Waals surface area contributed by atoms with E-state index in [2.05, 4.69) is 41.1 Å². The van der Waals surface area contributed by atoms with Gasteiger partial charge in [-0.1, -0.05) is 57.6 Å². The average molecular weight is 370 g/mol. The second-order valence-electron chi connectivity index (χ2n) is 7.96. The number of fused-ring (bicyclic) bond motifs is 1. The number of hydrogen-bond donors (Lipinski definition) is 1. The number of carbonyl (C=O) groups is 1. The van der Waals surface area contributed by atoms with E-state index in [0.717, 1.165) is 44.3 Å². The Labute approximate surface area is 163 Å². The SMILES string of the molecule is CCCCCCCCCn1c(CCCNC(=O)C2CC2)nc2ccccc21. The molecule has 0 unspecified atom stereocenters. The summed E-state index contributed by atoms with van der Waals surface area (Å²) in [7, 11) is 0. The van der Waals surface area contributed by atoms with Crippen LogP contribution in [-0.4, -0.2) is 22.0 Å². The second kappa shape index (κ2) is 10.5. The van der Waals surface area contributed by atoms with Crippen LogP contribution in [0.25, 0.3) is 11.0 Å². The molecule has 148 valence electrons. The summed E-state index contributed by atoms with van der Waals surface area (Å²) in [6, 6.07) is 8.45. The van der Waals surface area contributed by atoms with Crippen LogP contribution in [0.4, 0.5) is 0 Å². The van der Waals surface area contributed by atoms with E-state index < -0.39 is 0 Å². The molecule has 0 bridgehead atoms. The summed E-state index contributed by atoms with van der Waals surface area (Å²) in [5.74, 6) is 1.71. The monoisotopic (exact) mass is 369 g/mol. The normalized spacial score (nSPS) is 14.0. The maximum atomic E-state index is 11.8. The van der Waals surface area contributed by atoms with Crippen molar-refractivity contribution in [3.05, 3.63) is 30.1 Å². The lowest BCUT2D eigenvalue weighted by Gasteiger charge is -2.10. The largest absolute Gasteiger partial charge is 0.356 e. The molecule has 1 heterocycles. The van der Waals surface area contributed by atoms with Crippen molar-refractivity contribution in [2.75, 3.05) is 6.54 Å². The van der Waals surface area contributed by atoms with E-state index in [1.54, 1.807) is 0 Å². The molecule has 27 heavy (non-hydrogen) atoms. The van der Waals surface area contributed by atoms with Crippen LogP contribution < -0.4 is 5.32 Å². The van der Waals surface area contributed by atoms with Crippen LogP contribution in [0.3, 0.4) is 0 Å². The number of hydrogen-bond acceptors (Lipinski definition) is 2. The van der Waals surface area contributed by atoms with E-state index in [4.69, 9.17) is 4.98 Å². The van der Waals surface area contributed by atoms with E-state index in [1.165, 1.54) is 56.3 Å². The molecule has 1 amide bonds. The highest BCUT2D eigenvalue weighted by molar-refractivity contribution is 5.80. The number of nitrogens with one attached hydrogen (secondary N) is 1. The fourth-order valence-corrected chi connectivity index (χ4v) is 3.74. The zero-order chi connectivity index (χ0) is 18.9. The highest BCUT2D eigenvalue weighted by Gasteiger charge is 2.28. The Hall–Kier alpha value is -1.84. The lowest BCUT2D eigenvalue weighted by molar-refractivity contribution is -0.122. The summed E-state index contributed by atoms with van der Waals surface area (Å²) in [5, 5.41) is 3.07. The Morgan fingerprint density at radius 1 is 1.07 bits per heavy atom. The van der Waals surface area contributed by atoms with Gasteiger partial charge in [0.1, 0.15) is 5.82 Å². The number of carbonyl (C=O) groups excluding carboxylic acids is 1. The fourth-order valence-electron chi connectivity index (χ4n) is 3.74. The molecule has 1 N–H and O–H groups in total. The van der Waals surface area contributed by atoms with Gasteiger partial charge in [-0.05, 0) is 37.8 Å². The van der Waals surface area contributed by atoms with Gasteiger partial charge in [0, 0.05) is 25.4 Å². The quantitative estimate of drug-likeness (QED) is 0.490. The third-order valence-electron chi connectivity index (χ3n) is 5.54. The van der Waals surface area contributed by atoms with E-state index in [-0.39, 0.29) is 5.91 Å². The number of rotatable bonds is 13. The molecule has 1 saturated carbocycles. The van der Waals surface area contributed by atoms with E-state index in [0.29, 0.717) is 5.92 Å². The zero-order valence-electron chi connectivity index (χ0n) is 16.9. The van der Waals surface area contributed by atoms with Gasteiger partial charge in [0.2, 0.25) is 5.91 Å². The summed E-state index contributed by atoms with van der Waals surface area (Å²) < 4.78 is 2.41. The molecule has 4 nitrogen and oxygen atoms in total. The molecular formula is C23H35N3O. The Balaban J connectivity index is 1.49. The standard InChI is InChI=1S/C23H35N3O/c1-2-3-4-5-6-7-10-18-26-21-13-9-8-12-20(21)25-22(26)14-11-17-24-23(27)19-15-16-19/h8-9,12-13,19H,2-7,10-11,14-18H2,1H3,(H,24,27). The maximum absolute atomic E-state index is 11.8. The third kappa shape index (κ3) is 6.08. The molecule has 0 spiro atoms. The van der Waals surface area contributed by atoms with Gasteiger partial charge in [-0.25, -0.2) is 4.98 Å². The minimum Gasteiger partial charge on any atom is -0.356 e. The second-order valence-corrected chi connectivity index (χ2v) is 7.96. The Morgan fingerprint density at radius 3 is 2.59 bits per heavy atom. The van der Waals surface area contributed by atoms with Crippen LogP contribution in [0, 0.1) is 5.92 Å². The average Bonchev–Trinajstić information content (AvgIpc) is 3.47. The van der Waals surface area contributed by atoms with Gasteiger partial charge in [0.25, 0.3) is 0 Å². The van der Waals surface area contributed by atoms with Crippen LogP contribution in [0.5, 0.6) is 0 Å². The van der Waals surface area contributed by atoms with Gasteiger partial charge >= 0.3 is 0 Å². The molecule has 1 aliphatic rings. The van der Waals surface area contributed by atoms with Crippen molar-refractivity contribution >= 4 is 16.9 Å². The number of unbranched alkanes of at least 4 members (excludes halogenated alkanes) is 6. The smallest absolute Gasteiger partial charge is 0.223 e. The van der Waals surface area contributed by atoms with E-state index in [9.17, 15) is 4.79 Å². The van der Waals surface area contributed by atoms with Crippen molar-refractivity contribution in [1.82, 2.24) is 14.9 Å². The number of aromatic nitrogens is 2. The highest BCUT2D eigenvalue weighted by Crippen LogP contribution is 2.28. The van der Waals surface area contributed by atoms with E-state index in [1.807, 2.05) is 0 Å². The molecule has 0 aliphatic heterocycles. The summed E-state index contributed by atoms with van der Waals surface area (Å²) in [4.78, 5) is 16.6. The molecule has 2 aromatic rings. The molecule has 1 aliphatic carbocycles. The summed E-state index contributed by atoms with van der Waals surface area (Å²) in [6.45, 7) is 4.08. The molecule has 0 radical (unpaired) electrons. The molecule has 1 fully saturated rings. The fraction of sp³-hybridized carbons (Fsp3) is 0.652.